The highest BCUT2D eigenvalue weighted by Gasteiger charge is 2.25. The van der Waals surface area contributed by atoms with Crippen LogP contribution in [0, 0.1) is 5.92 Å². The molecule has 1 saturated heterocycles. The van der Waals surface area contributed by atoms with Gasteiger partial charge in [-0.3, -0.25) is 4.79 Å². The van der Waals surface area contributed by atoms with Crippen LogP contribution < -0.4 is 10.6 Å². The molecule has 106 valence electrons. The van der Waals surface area contributed by atoms with E-state index in [1.807, 2.05) is 12.1 Å². The molecule has 1 amide bonds. The van der Waals surface area contributed by atoms with E-state index in [1.165, 1.54) is 0 Å². The average Bonchev–Trinajstić information content (AvgIpc) is 2.89. The maximum atomic E-state index is 12.2. The predicted molar refractivity (Wildman–Crippen MR) is 74.8 cm³/mol. The molecule has 3 atom stereocenters. The highest BCUT2D eigenvalue weighted by molar-refractivity contribution is 5.79. The molecule has 2 heterocycles. The van der Waals surface area contributed by atoms with E-state index < -0.39 is 0 Å². The summed E-state index contributed by atoms with van der Waals surface area (Å²) in [7, 11) is 0. The van der Waals surface area contributed by atoms with Crippen LogP contribution in [0.2, 0.25) is 0 Å². The summed E-state index contributed by atoms with van der Waals surface area (Å²) < 4.78 is 5.30. The zero-order valence-corrected chi connectivity index (χ0v) is 11.8. The van der Waals surface area contributed by atoms with E-state index in [4.69, 9.17) is 4.42 Å². The standard InChI is InChI=1S/C15H24N2O2/c1-11(5-6-14-4-3-9-19-14)17-15(18)13-7-8-16-12(2)10-13/h3-4,9,11-13,16H,5-8,10H2,1-2H3,(H,17,18). The van der Waals surface area contributed by atoms with Gasteiger partial charge in [-0.05, 0) is 51.8 Å². The number of nitrogens with one attached hydrogen (secondary N) is 2. The van der Waals surface area contributed by atoms with Crippen molar-refractivity contribution >= 4 is 5.91 Å². The molecule has 0 radical (unpaired) electrons. The van der Waals surface area contributed by atoms with Gasteiger partial charge < -0.3 is 15.1 Å². The van der Waals surface area contributed by atoms with Gasteiger partial charge in [0.25, 0.3) is 0 Å². The second kappa shape index (κ2) is 6.75. The Morgan fingerprint density at radius 3 is 3.16 bits per heavy atom. The molecule has 0 aromatic carbocycles. The second-order valence-corrected chi connectivity index (χ2v) is 5.60. The summed E-state index contributed by atoms with van der Waals surface area (Å²) in [4.78, 5) is 12.2. The Hall–Kier alpha value is -1.29. The molecule has 2 rings (SSSR count). The van der Waals surface area contributed by atoms with Crippen LogP contribution in [0.5, 0.6) is 0 Å². The minimum atomic E-state index is 0.169. The molecule has 1 aliphatic rings. The summed E-state index contributed by atoms with van der Waals surface area (Å²) in [5.41, 5.74) is 0. The van der Waals surface area contributed by atoms with E-state index in [9.17, 15) is 4.79 Å². The van der Waals surface area contributed by atoms with Gasteiger partial charge in [-0.25, -0.2) is 0 Å². The third-order valence-corrected chi connectivity index (χ3v) is 3.79. The van der Waals surface area contributed by atoms with Gasteiger partial charge in [0.15, 0.2) is 0 Å². The molecule has 19 heavy (non-hydrogen) atoms. The molecule has 1 fully saturated rings. The summed E-state index contributed by atoms with van der Waals surface area (Å²) in [5.74, 6) is 1.36. The van der Waals surface area contributed by atoms with Crippen molar-refractivity contribution in [2.24, 2.45) is 5.92 Å². The maximum absolute atomic E-state index is 12.2. The highest BCUT2D eigenvalue weighted by Crippen LogP contribution is 2.16. The van der Waals surface area contributed by atoms with Crippen LogP contribution in [0.25, 0.3) is 0 Å². The van der Waals surface area contributed by atoms with Gasteiger partial charge in [0, 0.05) is 24.4 Å². The molecule has 1 aromatic heterocycles. The molecule has 0 aliphatic carbocycles. The molecule has 4 nitrogen and oxygen atoms in total. The largest absolute Gasteiger partial charge is 0.469 e. The fourth-order valence-corrected chi connectivity index (χ4v) is 2.62. The highest BCUT2D eigenvalue weighted by atomic mass is 16.3. The number of carbonyl (C=O) groups excluding carboxylic acids is 1. The van der Waals surface area contributed by atoms with Gasteiger partial charge in [0.1, 0.15) is 5.76 Å². The average molecular weight is 264 g/mol. The van der Waals surface area contributed by atoms with Crippen molar-refractivity contribution in [2.75, 3.05) is 6.54 Å². The Bertz CT molecular complexity index is 389. The molecule has 0 bridgehead atoms. The Morgan fingerprint density at radius 1 is 1.63 bits per heavy atom. The fraction of sp³-hybridized carbons (Fsp3) is 0.667. The van der Waals surface area contributed by atoms with Crippen molar-refractivity contribution in [1.29, 1.82) is 0 Å². The van der Waals surface area contributed by atoms with Crippen LogP contribution in [0.3, 0.4) is 0 Å². The lowest BCUT2D eigenvalue weighted by Crippen LogP contribution is -2.44. The maximum Gasteiger partial charge on any atom is 0.223 e. The molecule has 4 heteroatoms. The smallest absolute Gasteiger partial charge is 0.223 e. The van der Waals surface area contributed by atoms with Crippen LogP contribution in [-0.2, 0) is 11.2 Å². The number of hydrogen-bond acceptors (Lipinski definition) is 3. The number of amides is 1. The molecular weight excluding hydrogens is 240 g/mol. The summed E-state index contributed by atoms with van der Waals surface area (Å²) in [6.45, 7) is 5.14. The Labute approximate surface area is 114 Å². The normalized spacial score (nSPS) is 24.9. The summed E-state index contributed by atoms with van der Waals surface area (Å²) >= 11 is 0. The van der Waals surface area contributed by atoms with Crippen LogP contribution >= 0.6 is 0 Å². The SMILES string of the molecule is CC1CC(C(=O)NC(C)CCc2ccco2)CCN1. The molecule has 3 unspecified atom stereocenters. The number of hydrogen-bond donors (Lipinski definition) is 2. The van der Waals surface area contributed by atoms with E-state index in [2.05, 4.69) is 24.5 Å². The summed E-state index contributed by atoms with van der Waals surface area (Å²) in [6, 6.07) is 4.52. The molecular formula is C15H24N2O2. The quantitative estimate of drug-likeness (QED) is 0.856. The lowest BCUT2D eigenvalue weighted by Gasteiger charge is -2.28. The third kappa shape index (κ3) is 4.39. The predicted octanol–water partition coefficient (Wildman–Crippen LogP) is 2.10. The summed E-state index contributed by atoms with van der Waals surface area (Å²) in [5, 5.41) is 6.50. The van der Waals surface area contributed by atoms with Crippen molar-refractivity contribution in [2.45, 2.75) is 51.6 Å². The van der Waals surface area contributed by atoms with E-state index in [-0.39, 0.29) is 17.9 Å². The van der Waals surface area contributed by atoms with E-state index in [1.54, 1.807) is 6.26 Å². The van der Waals surface area contributed by atoms with E-state index in [0.29, 0.717) is 6.04 Å². The first-order chi connectivity index (χ1) is 9.15. The van der Waals surface area contributed by atoms with Crippen molar-refractivity contribution in [1.82, 2.24) is 10.6 Å². The molecule has 0 saturated carbocycles. The fourth-order valence-electron chi connectivity index (χ4n) is 2.62. The number of piperidine rings is 1. The second-order valence-electron chi connectivity index (χ2n) is 5.60. The first-order valence-electron chi connectivity index (χ1n) is 7.21. The van der Waals surface area contributed by atoms with E-state index >= 15 is 0 Å². The topological polar surface area (TPSA) is 54.3 Å². The molecule has 1 aliphatic heterocycles. The van der Waals surface area contributed by atoms with Gasteiger partial charge in [-0.1, -0.05) is 0 Å². The number of aryl methyl sites for hydroxylation is 1. The van der Waals surface area contributed by atoms with Gasteiger partial charge in [-0.2, -0.15) is 0 Å². The van der Waals surface area contributed by atoms with Gasteiger partial charge in [-0.15, -0.1) is 0 Å². The number of carbonyl (C=O) groups is 1. The van der Waals surface area contributed by atoms with Gasteiger partial charge >= 0.3 is 0 Å². The lowest BCUT2D eigenvalue weighted by atomic mass is 9.92. The zero-order valence-electron chi connectivity index (χ0n) is 11.8. The van der Waals surface area contributed by atoms with Crippen molar-refractivity contribution in [3.63, 3.8) is 0 Å². The number of furan rings is 1. The van der Waals surface area contributed by atoms with Crippen LogP contribution in [0.4, 0.5) is 0 Å². The first-order valence-corrected chi connectivity index (χ1v) is 7.21. The van der Waals surface area contributed by atoms with Crippen molar-refractivity contribution < 1.29 is 9.21 Å². The molecule has 0 spiro atoms. The molecule has 2 N–H and O–H groups in total. The minimum absolute atomic E-state index is 0.169. The van der Waals surface area contributed by atoms with Crippen LogP contribution in [0.15, 0.2) is 22.8 Å². The Morgan fingerprint density at radius 2 is 2.47 bits per heavy atom. The minimum Gasteiger partial charge on any atom is -0.469 e. The van der Waals surface area contributed by atoms with Crippen molar-refractivity contribution in [3.05, 3.63) is 24.2 Å². The third-order valence-electron chi connectivity index (χ3n) is 3.79. The lowest BCUT2D eigenvalue weighted by molar-refractivity contribution is -0.126. The molecule has 1 aromatic rings. The summed E-state index contributed by atoms with van der Waals surface area (Å²) in [6.07, 6.45) is 5.36. The van der Waals surface area contributed by atoms with Crippen molar-refractivity contribution in [3.8, 4) is 0 Å². The van der Waals surface area contributed by atoms with Gasteiger partial charge in [0.05, 0.1) is 6.26 Å². The van der Waals surface area contributed by atoms with Crippen LogP contribution in [0.1, 0.15) is 38.9 Å². The van der Waals surface area contributed by atoms with Crippen LogP contribution in [-0.4, -0.2) is 24.5 Å². The van der Waals surface area contributed by atoms with Gasteiger partial charge in [0.2, 0.25) is 5.91 Å². The van der Waals surface area contributed by atoms with E-state index in [0.717, 1.165) is 38.0 Å². The zero-order chi connectivity index (χ0) is 13.7. The Kier molecular flexibility index (Phi) is 5.02. The first kappa shape index (κ1) is 14.1. The Balaban J connectivity index is 1.72. The monoisotopic (exact) mass is 264 g/mol. The number of rotatable bonds is 5.